The van der Waals surface area contributed by atoms with Gasteiger partial charge >= 0.3 is 0 Å². The fourth-order valence-corrected chi connectivity index (χ4v) is 2.32. The van der Waals surface area contributed by atoms with Gasteiger partial charge in [-0.05, 0) is 38.1 Å². The standard InChI is InChI=1S/C15H24N2O/c1-16-11-13-3-5-14(6-4-13)12-18-15-7-9-17(2)10-8-15/h3-6,15-16H,7-12H2,1-2H3. The van der Waals surface area contributed by atoms with E-state index in [2.05, 4.69) is 41.5 Å². The molecule has 1 fully saturated rings. The van der Waals surface area contributed by atoms with E-state index in [0.717, 1.165) is 39.1 Å². The van der Waals surface area contributed by atoms with Gasteiger partial charge in [-0.25, -0.2) is 0 Å². The molecule has 0 spiro atoms. The van der Waals surface area contributed by atoms with Crippen LogP contribution in [0.2, 0.25) is 0 Å². The quantitative estimate of drug-likeness (QED) is 0.863. The van der Waals surface area contributed by atoms with Crippen LogP contribution in [0.25, 0.3) is 0 Å². The molecule has 3 nitrogen and oxygen atoms in total. The van der Waals surface area contributed by atoms with E-state index in [0.29, 0.717) is 6.10 Å². The lowest BCUT2D eigenvalue weighted by Gasteiger charge is -2.28. The van der Waals surface area contributed by atoms with Crippen molar-refractivity contribution in [3.8, 4) is 0 Å². The summed E-state index contributed by atoms with van der Waals surface area (Å²) >= 11 is 0. The average Bonchev–Trinajstić information content (AvgIpc) is 2.40. The average molecular weight is 248 g/mol. The SMILES string of the molecule is CNCc1ccc(COC2CCN(C)CC2)cc1. The molecule has 18 heavy (non-hydrogen) atoms. The topological polar surface area (TPSA) is 24.5 Å². The van der Waals surface area contributed by atoms with Gasteiger partial charge in [-0.1, -0.05) is 24.3 Å². The van der Waals surface area contributed by atoms with E-state index in [-0.39, 0.29) is 0 Å². The largest absolute Gasteiger partial charge is 0.373 e. The number of likely N-dealkylation sites (tertiary alicyclic amines) is 1. The maximum Gasteiger partial charge on any atom is 0.0720 e. The van der Waals surface area contributed by atoms with Gasteiger partial charge in [0.1, 0.15) is 0 Å². The van der Waals surface area contributed by atoms with Crippen molar-refractivity contribution < 1.29 is 4.74 Å². The van der Waals surface area contributed by atoms with Crippen LogP contribution in [0.3, 0.4) is 0 Å². The van der Waals surface area contributed by atoms with Gasteiger partial charge in [0.05, 0.1) is 12.7 Å². The minimum Gasteiger partial charge on any atom is -0.373 e. The van der Waals surface area contributed by atoms with Gasteiger partial charge in [-0.3, -0.25) is 0 Å². The fourth-order valence-electron chi connectivity index (χ4n) is 2.32. The first-order chi connectivity index (χ1) is 8.78. The van der Waals surface area contributed by atoms with Crippen LogP contribution in [0.4, 0.5) is 0 Å². The highest BCUT2D eigenvalue weighted by Crippen LogP contribution is 2.14. The normalized spacial score (nSPS) is 18.1. The third kappa shape index (κ3) is 4.09. The van der Waals surface area contributed by atoms with Crippen molar-refractivity contribution in [3.63, 3.8) is 0 Å². The van der Waals surface area contributed by atoms with Crippen LogP contribution in [-0.2, 0) is 17.9 Å². The molecule has 0 radical (unpaired) electrons. The lowest BCUT2D eigenvalue weighted by atomic mass is 10.1. The van der Waals surface area contributed by atoms with E-state index >= 15 is 0 Å². The monoisotopic (exact) mass is 248 g/mol. The lowest BCUT2D eigenvalue weighted by molar-refractivity contribution is 0.00213. The number of rotatable bonds is 5. The van der Waals surface area contributed by atoms with Crippen molar-refractivity contribution in [1.29, 1.82) is 0 Å². The van der Waals surface area contributed by atoms with Crippen LogP contribution in [0.1, 0.15) is 24.0 Å². The molecule has 1 aliphatic heterocycles. The molecule has 2 rings (SSSR count). The van der Waals surface area contributed by atoms with Gasteiger partial charge in [0.2, 0.25) is 0 Å². The number of nitrogens with one attached hydrogen (secondary N) is 1. The Hall–Kier alpha value is -0.900. The molecule has 0 aliphatic carbocycles. The van der Waals surface area contributed by atoms with Crippen molar-refractivity contribution in [3.05, 3.63) is 35.4 Å². The van der Waals surface area contributed by atoms with Gasteiger partial charge in [0, 0.05) is 19.6 Å². The molecule has 1 aliphatic rings. The first-order valence-corrected chi connectivity index (χ1v) is 6.80. The third-order valence-electron chi connectivity index (χ3n) is 3.56. The van der Waals surface area contributed by atoms with E-state index in [4.69, 9.17) is 4.74 Å². The van der Waals surface area contributed by atoms with Crippen LogP contribution in [0, 0.1) is 0 Å². The Labute approximate surface area is 110 Å². The highest BCUT2D eigenvalue weighted by Gasteiger charge is 2.16. The van der Waals surface area contributed by atoms with Crippen molar-refractivity contribution in [2.75, 3.05) is 27.2 Å². The predicted octanol–water partition coefficient (Wildman–Crippen LogP) is 2.02. The summed E-state index contributed by atoms with van der Waals surface area (Å²) in [6, 6.07) is 8.68. The smallest absolute Gasteiger partial charge is 0.0720 e. The van der Waals surface area contributed by atoms with Crippen LogP contribution in [0.5, 0.6) is 0 Å². The maximum absolute atomic E-state index is 5.97. The van der Waals surface area contributed by atoms with E-state index < -0.39 is 0 Å². The molecule has 1 aromatic carbocycles. The summed E-state index contributed by atoms with van der Waals surface area (Å²) in [5, 5.41) is 3.16. The molecule has 0 aromatic heterocycles. The number of piperidine rings is 1. The molecule has 0 saturated carbocycles. The summed E-state index contributed by atoms with van der Waals surface area (Å²) in [5.74, 6) is 0. The molecule has 1 N–H and O–H groups in total. The molecular formula is C15H24N2O. The summed E-state index contributed by atoms with van der Waals surface area (Å²) in [7, 11) is 4.15. The molecule has 0 amide bonds. The Bertz CT molecular complexity index is 342. The Balaban J connectivity index is 1.76. The second-order valence-electron chi connectivity index (χ2n) is 5.16. The van der Waals surface area contributed by atoms with E-state index in [9.17, 15) is 0 Å². The zero-order valence-electron chi connectivity index (χ0n) is 11.5. The van der Waals surface area contributed by atoms with Gasteiger partial charge in [0.15, 0.2) is 0 Å². The van der Waals surface area contributed by atoms with Crippen molar-refractivity contribution in [2.24, 2.45) is 0 Å². The highest BCUT2D eigenvalue weighted by molar-refractivity contribution is 5.21. The molecule has 1 heterocycles. The second kappa shape index (κ2) is 6.88. The van der Waals surface area contributed by atoms with Gasteiger partial charge in [-0.15, -0.1) is 0 Å². The van der Waals surface area contributed by atoms with Crippen molar-refractivity contribution in [1.82, 2.24) is 10.2 Å². The second-order valence-corrected chi connectivity index (χ2v) is 5.16. The molecule has 1 saturated heterocycles. The summed E-state index contributed by atoms with van der Waals surface area (Å²) < 4.78 is 5.97. The number of benzene rings is 1. The Morgan fingerprint density at radius 2 is 1.78 bits per heavy atom. The number of hydrogen-bond acceptors (Lipinski definition) is 3. The van der Waals surface area contributed by atoms with Crippen molar-refractivity contribution in [2.45, 2.75) is 32.1 Å². The minimum absolute atomic E-state index is 0.443. The fraction of sp³-hybridized carbons (Fsp3) is 0.600. The molecule has 3 heteroatoms. The lowest BCUT2D eigenvalue weighted by Crippen LogP contribution is -2.34. The molecule has 0 unspecified atom stereocenters. The van der Waals surface area contributed by atoms with Gasteiger partial charge in [0.25, 0.3) is 0 Å². The van der Waals surface area contributed by atoms with Crippen molar-refractivity contribution >= 4 is 0 Å². The zero-order valence-corrected chi connectivity index (χ0v) is 11.5. The number of ether oxygens (including phenoxy) is 1. The highest BCUT2D eigenvalue weighted by atomic mass is 16.5. The zero-order chi connectivity index (χ0) is 12.8. The van der Waals surface area contributed by atoms with E-state index in [1.165, 1.54) is 11.1 Å². The van der Waals surface area contributed by atoms with E-state index in [1.54, 1.807) is 0 Å². The van der Waals surface area contributed by atoms with E-state index in [1.807, 2.05) is 7.05 Å². The minimum atomic E-state index is 0.443. The molecule has 0 bridgehead atoms. The predicted molar refractivity (Wildman–Crippen MR) is 74.5 cm³/mol. The number of hydrogen-bond donors (Lipinski definition) is 1. The molecule has 0 atom stereocenters. The Morgan fingerprint density at radius 1 is 1.17 bits per heavy atom. The summed E-state index contributed by atoms with van der Waals surface area (Å²) in [4.78, 5) is 2.37. The third-order valence-corrected chi connectivity index (χ3v) is 3.56. The van der Waals surface area contributed by atoms with Crippen LogP contribution >= 0.6 is 0 Å². The number of nitrogens with zero attached hydrogens (tertiary/aromatic N) is 1. The van der Waals surface area contributed by atoms with Crippen LogP contribution < -0.4 is 5.32 Å². The summed E-state index contributed by atoms with van der Waals surface area (Å²) in [6.45, 7) is 3.99. The summed E-state index contributed by atoms with van der Waals surface area (Å²) in [5.41, 5.74) is 2.59. The van der Waals surface area contributed by atoms with Crippen LogP contribution in [-0.4, -0.2) is 38.2 Å². The Kier molecular flexibility index (Phi) is 5.17. The van der Waals surface area contributed by atoms with Crippen LogP contribution in [0.15, 0.2) is 24.3 Å². The first-order valence-electron chi connectivity index (χ1n) is 6.80. The molecule has 100 valence electrons. The van der Waals surface area contributed by atoms with Gasteiger partial charge < -0.3 is 15.0 Å². The molecule has 1 aromatic rings. The maximum atomic E-state index is 5.97. The molecular weight excluding hydrogens is 224 g/mol. The Morgan fingerprint density at radius 3 is 2.39 bits per heavy atom. The van der Waals surface area contributed by atoms with Gasteiger partial charge in [-0.2, -0.15) is 0 Å². The summed E-state index contributed by atoms with van der Waals surface area (Å²) in [6.07, 6.45) is 2.76. The first kappa shape index (κ1) is 13.5.